The summed E-state index contributed by atoms with van der Waals surface area (Å²) in [6.45, 7) is 5.16. The number of methoxy groups -OCH3 is 1. The third-order valence-corrected chi connectivity index (χ3v) is 5.04. The molecule has 0 fully saturated rings. The Bertz CT molecular complexity index is 422. The predicted octanol–water partition coefficient (Wildman–Crippen LogP) is 2.94. The minimum atomic E-state index is -1.56. The third kappa shape index (κ3) is 5.68. The van der Waals surface area contributed by atoms with Crippen LogP contribution >= 0.6 is 24.0 Å². The van der Waals surface area contributed by atoms with Crippen molar-refractivity contribution >= 4 is 45.9 Å². The normalized spacial score (nSPS) is 13.1. The zero-order valence-electron chi connectivity index (χ0n) is 13.6. The van der Waals surface area contributed by atoms with Crippen LogP contribution in [0.4, 0.5) is 0 Å². The van der Waals surface area contributed by atoms with Crippen LogP contribution in [0.2, 0.25) is 0 Å². The molecule has 0 amide bonds. The number of unbranched alkanes of at least 4 members (excludes halogenated alkanes) is 1. The van der Waals surface area contributed by atoms with Gasteiger partial charge in [-0.15, -0.1) is 11.8 Å². The largest absolute Gasteiger partial charge is 0.469 e. The molecule has 5 nitrogen and oxygen atoms in total. The fourth-order valence-corrected chi connectivity index (χ4v) is 3.60. The summed E-state index contributed by atoms with van der Waals surface area (Å²) in [5.41, 5.74) is -1.56. The molecule has 0 bridgehead atoms. The van der Waals surface area contributed by atoms with Gasteiger partial charge in [0.2, 0.25) is 0 Å². The Hall–Kier alpha value is -0.950. The van der Waals surface area contributed by atoms with Gasteiger partial charge in [-0.25, -0.2) is 0 Å². The van der Waals surface area contributed by atoms with E-state index >= 15 is 0 Å². The minimum Gasteiger partial charge on any atom is -0.469 e. The molecule has 0 N–H and O–H groups in total. The number of carbonyl (C=O) groups excluding carboxylic acids is 3. The maximum Gasteiger partial charge on any atom is 0.325 e. The Morgan fingerprint density at radius 3 is 2.32 bits per heavy atom. The van der Waals surface area contributed by atoms with E-state index in [4.69, 9.17) is 17.0 Å². The number of hydrogen-bond donors (Lipinski definition) is 0. The first-order valence-electron chi connectivity index (χ1n) is 7.29. The molecule has 0 saturated heterocycles. The van der Waals surface area contributed by atoms with E-state index in [1.165, 1.54) is 25.8 Å². The van der Waals surface area contributed by atoms with Gasteiger partial charge in [-0.1, -0.05) is 25.6 Å². The molecule has 126 valence electrons. The maximum absolute atomic E-state index is 12.4. The Labute approximate surface area is 141 Å². The summed E-state index contributed by atoms with van der Waals surface area (Å²) >= 11 is 6.65. The summed E-state index contributed by atoms with van der Waals surface area (Å²) < 4.78 is 9.91. The van der Waals surface area contributed by atoms with Crippen LogP contribution in [0.15, 0.2) is 0 Å². The summed E-state index contributed by atoms with van der Waals surface area (Å²) in [6.07, 6.45) is 1.83. The number of Topliss-reactive ketones (excluding diaryl/α,β-unsaturated/α-hetero) is 1. The van der Waals surface area contributed by atoms with Crippen molar-refractivity contribution in [2.45, 2.75) is 46.5 Å². The molecule has 0 aromatic carbocycles. The summed E-state index contributed by atoms with van der Waals surface area (Å²) in [6, 6.07) is 0. The van der Waals surface area contributed by atoms with Gasteiger partial charge in [0.05, 0.1) is 17.9 Å². The Morgan fingerprint density at radius 2 is 1.86 bits per heavy atom. The van der Waals surface area contributed by atoms with Crippen molar-refractivity contribution in [3.8, 4) is 0 Å². The van der Waals surface area contributed by atoms with E-state index in [2.05, 4.69) is 4.74 Å². The van der Waals surface area contributed by atoms with Crippen molar-refractivity contribution in [1.82, 2.24) is 0 Å². The molecule has 0 aliphatic rings. The van der Waals surface area contributed by atoms with Crippen LogP contribution in [-0.2, 0) is 23.9 Å². The van der Waals surface area contributed by atoms with E-state index in [9.17, 15) is 14.4 Å². The van der Waals surface area contributed by atoms with Crippen LogP contribution in [0.1, 0.15) is 46.5 Å². The van der Waals surface area contributed by atoms with Crippen molar-refractivity contribution < 1.29 is 23.9 Å². The molecule has 22 heavy (non-hydrogen) atoms. The van der Waals surface area contributed by atoms with E-state index in [0.29, 0.717) is 0 Å². The summed E-state index contributed by atoms with van der Waals surface area (Å²) in [4.78, 5) is 36.0. The van der Waals surface area contributed by atoms with Gasteiger partial charge in [0.25, 0.3) is 0 Å². The number of rotatable bonds is 10. The Kier molecular flexibility index (Phi) is 10.3. The molecular weight excluding hydrogens is 324 g/mol. The molecule has 0 radical (unpaired) electrons. The van der Waals surface area contributed by atoms with Crippen LogP contribution in [0, 0.1) is 5.41 Å². The second-order valence-electron chi connectivity index (χ2n) is 4.75. The summed E-state index contributed by atoms with van der Waals surface area (Å²) in [5.74, 6) is -0.845. The van der Waals surface area contributed by atoms with Crippen molar-refractivity contribution in [2.24, 2.45) is 5.41 Å². The predicted molar refractivity (Wildman–Crippen MR) is 91.0 cm³/mol. The monoisotopic (exact) mass is 348 g/mol. The standard InChI is InChI=1S/C15H24O5S2/c1-5-7-10-22-14(21)15(11(3)16,13(18)20-6-2)9-8-12(17)19-4/h5-10H2,1-4H3. The third-order valence-electron chi connectivity index (χ3n) is 3.24. The zero-order valence-corrected chi connectivity index (χ0v) is 15.2. The lowest BCUT2D eigenvalue weighted by molar-refractivity contribution is -0.155. The summed E-state index contributed by atoms with van der Waals surface area (Å²) in [7, 11) is 1.26. The van der Waals surface area contributed by atoms with Crippen LogP contribution in [0.25, 0.3) is 0 Å². The highest BCUT2D eigenvalue weighted by molar-refractivity contribution is 8.23. The lowest BCUT2D eigenvalue weighted by Crippen LogP contribution is -2.45. The maximum atomic E-state index is 12.4. The van der Waals surface area contributed by atoms with E-state index < -0.39 is 23.1 Å². The number of thiocarbonyl (C=S) groups is 1. The number of hydrogen-bond acceptors (Lipinski definition) is 7. The molecule has 1 atom stereocenters. The molecule has 0 heterocycles. The first kappa shape index (κ1) is 21.0. The SMILES string of the molecule is CCCCSC(=S)C(CCC(=O)OC)(C(C)=O)C(=O)OCC. The minimum absolute atomic E-state index is 0.0220. The van der Waals surface area contributed by atoms with Gasteiger partial charge < -0.3 is 9.47 Å². The van der Waals surface area contributed by atoms with E-state index in [0.717, 1.165) is 18.6 Å². The highest BCUT2D eigenvalue weighted by Crippen LogP contribution is 2.35. The fourth-order valence-electron chi connectivity index (χ4n) is 1.83. The van der Waals surface area contributed by atoms with Crippen molar-refractivity contribution in [3.05, 3.63) is 0 Å². The molecule has 1 unspecified atom stereocenters. The molecule has 0 aromatic rings. The highest BCUT2D eigenvalue weighted by Gasteiger charge is 2.49. The van der Waals surface area contributed by atoms with Crippen molar-refractivity contribution in [3.63, 3.8) is 0 Å². The summed E-state index contributed by atoms with van der Waals surface area (Å²) in [5, 5.41) is 0. The Balaban J connectivity index is 5.37. The second-order valence-corrected chi connectivity index (χ2v) is 6.52. The molecule has 0 saturated carbocycles. The van der Waals surface area contributed by atoms with Gasteiger partial charge in [0, 0.05) is 6.42 Å². The van der Waals surface area contributed by atoms with Crippen LogP contribution in [0.5, 0.6) is 0 Å². The second kappa shape index (κ2) is 10.7. The molecule has 0 aliphatic heterocycles. The number of ether oxygens (including phenoxy) is 2. The van der Waals surface area contributed by atoms with Crippen LogP contribution in [0.3, 0.4) is 0 Å². The van der Waals surface area contributed by atoms with Gasteiger partial charge in [-0.2, -0.15) is 0 Å². The molecule has 0 spiro atoms. The lowest BCUT2D eigenvalue weighted by Gasteiger charge is -2.29. The quantitative estimate of drug-likeness (QED) is 0.260. The zero-order chi connectivity index (χ0) is 17.2. The van der Waals surface area contributed by atoms with Gasteiger partial charge in [0.15, 0.2) is 11.2 Å². The number of esters is 2. The van der Waals surface area contributed by atoms with Crippen LogP contribution in [-0.4, -0.2) is 41.4 Å². The first-order valence-corrected chi connectivity index (χ1v) is 8.68. The van der Waals surface area contributed by atoms with Gasteiger partial charge in [-0.3, -0.25) is 14.4 Å². The topological polar surface area (TPSA) is 69.7 Å². The molecule has 0 aliphatic carbocycles. The number of carbonyl (C=O) groups is 3. The van der Waals surface area contributed by atoms with Crippen molar-refractivity contribution in [1.29, 1.82) is 0 Å². The Morgan fingerprint density at radius 1 is 1.23 bits per heavy atom. The number of ketones is 1. The molecular formula is C15H24O5S2. The molecule has 0 rings (SSSR count). The smallest absolute Gasteiger partial charge is 0.325 e. The average molecular weight is 348 g/mol. The van der Waals surface area contributed by atoms with Gasteiger partial charge >= 0.3 is 11.9 Å². The average Bonchev–Trinajstić information content (AvgIpc) is 2.47. The van der Waals surface area contributed by atoms with E-state index in [1.807, 2.05) is 6.92 Å². The lowest BCUT2D eigenvalue weighted by atomic mass is 9.81. The van der Waals surface area contributed by atoms with Gasteiger partial charge in [0.1, 0.15) is 0 Å². The fraction of sp³-hybridized carbons (Fsp3) is 0.733. The van der Waals surface area contributed by atoms with E-state index in [-0.39, 0.29) is 23.6 Å². The first-order chi connectivity index (χ1) is 10.4. The molecule has 7 heteroatoms. The molecule has 0 aromatic heterocycles. The highest BCUT2D eigenvalue weighted by atomic mass is 32.2. The van der Waals surface area contributed by atoms with Crippen LogP contribution < -0.4 is 0 Å². The van der Waals surface area contributed by atoms with E-state index in [1.54, 1.807) is 6.92 Å². The van der Waals surface area contributed by atoms with Gasteiger partial charge in [-0.05, 0) is 32.4 Å². The van der Waals surface area contributed by atoms with Crippen molar-refractivity contribution in [2.75, 3.05) is 19.5 Å². The number of thioether (sulfide) groups is 1.